The van der Waals surface area contributed by atoms with E-state index < -0.39 is 0 Å². The number of para-hydroxylation sites is 1. The third-order valence-corrected chi connectivity index (χ3v) is 3.41. The molecule has 0 aliphatic carbocycles. The Bertz CT molecular complexity index is 770. The zero-order chi connectivity index (χ0) is 12.9. The SMILES string of the molecule is Cc1ccc(C)n1-c1cccc2[nH]c(=O)n(C)c12. The smallest absolute Gasteiger partial charge is 0.316 e. The van der Waals surface area contributed by atoms with Crippen LogP contribution in [0.25, 0.3) is 16.7 Å². The van der Waals surface area contributed by atoms with Crippen molar-refractivity contribution < 1.29 is 0 Å². The average molecular weight is 241 g/mol. The van der Waals surface area contributed by atoms with Gasteiger partial charge in [-0.05, 0) is 38.1 Å². The lowest BCUT2D eigenvalue weighted by Gasteiger charge is -2.11. The summed E-state index contributed by atoms with van der Waals surface area (Å²) in [5.74, 6) is 0. The first kappa shape index (κ1) is 10.9. The molecule has 0 aliphatic heterocycles. The number of rotatable bonds is 1. The number of benzene rings is 1. The molecule has 92 valence electrons. The predicted molar refractivity (Wildman–Crippen MR) is 72.3 cm³/mol. The molecular weight excluding hydrogens is 226 g/mol. The molecule has 3 aromatic rings. The van der Waals surface area contributed by atoms with Gasteiger partial charge in [0.2, 0.25) is 0 Å². The van der Waals surface area contributed by atoms with Gasteiger partial charge in [0, 0.05) is 18.4 Å². The van der Waals surface area contributed by atoms with E-state index in [1.807, 2.05) is 18.2 Å². The lowest BCUT2D eigenvalue weighted by molar-refractivity contribution is 0.878. The van der Waals surface area contributed by atoms with E-state index in [9.17, 15) is 4.79 Å². The number of hydrogen-bond acceptors (Lipinski definition) is 1. The Labute approximate surface area is 104 Å². The molecule has 0 saturated carbocycles. The zero-order valence-electron chi connectivity index (χ0n) is 10.7. The van der Waals surface area contributed by atoms with Crippen LogP contribution in [0.4, 0.5) is 0 Å². The Morgan fingerprint density at radius 2 is 1.72 bits per heavy atom. The van der Waals surface area contributed by atoms with Gasteiger partial charge in [-0.2, -0.15) is 0 Å². The van der Waals surface area contributed by atoms with Crippen molar-refractivity contribution in [3.8, 4) is 5.69 Å². The second-order valence-electron chi connectivity index (χ2n) is 4.61. The number of imidazole rings is 1. The molecule has 2 aromatic heterocycles. The van der Waals surface area contributed by atoms with Crippen LogP contribution in [0.15, 0.2) is 35.1 Å². The van der Waals surface area contributed by atoms with Crippen molar-refractivity contribution in [3.63, 3.8) is 0 Å². The molecule has 4 heteroatoms. The minimum Gasteiger partial charge on any atom is -0.316 e. The Morgan fingerprint density at radius 1 is 1.06 bits per heavy atom. The maximum absolute atomic E-state index is 11.7. The van der Waals surface area contributed by atoms with Crippen molar-refractivity contribution in [2.75, 3.05) is 0 Å². The number of aromatic nitrogens is 3. The van der Waals surface area contributed by atoms with Gasteiger partial charge in [-0.25, -0.2) is 4.79 Å². The maximum Gasteiger partial charge on any atom is 0.326 e. The molecule has 0 spiro atoms. The Balaban J connectivity index is 2.47. The molecule has 1 N–H and O–H groups in total. The third kappa shape index (κ3) is 1.35. The van der Waals surface area contributed by atoms with Crippen LogP contribution in [0, 0.1) is 13.8 Å². The van der Waals surface area contributed by atoms with E-state index in [2.05, 4.69) is 35.5 Å². The third-order valence-electron chi connectivity index (χ3n) is 3.41. The van der Waals surface area contributed by atoms with E-state index in [1.54, 1.807) is 11.6 Å². The van der Waals surface area contributed by atoms with Crippen LogP contribution in [-0.4, -0.2) is 14.1 Å². The van der Waals surface area contributed by atoms with E-state index in [0.29, 0.717) is 0 Å². The van der Waals surface area contributed by atoms with Gasteiger partial charge in [0.1, 0.15) is 0 Å². The van der Waals surface area contributed by atoms with Gasteiger partial charge in [0.25, 0.3) is 0 Å². The number of H-pyrrole nitrogens is 1. The molecule has 18 heavy (non-hydrogen) atoms. The second-order valence-corrected chi connectivity index (χ2v) is 4.61. The summed E-state index contributed by atoms with van der Waals surface area (Å²) in [4.78, 5) is 14.6. The number of fused-ring (bicyclic) bond motifs is 1. The molecule has 0 saturated heterocycles. The highest BCUT2D eigenvalue weighted by molar-refractivity contribution is 5.84. The molecule has 4 nitrogen and oxygen atoms in total. The lowest BCUT2D eigenvalue weighted by atomic mass is 10.2. The number of aryl methyl sites for hydroxylation is 3. The van der Waals surface area contributed by atoms with Crippen LogP contribution < -0.4 is 5.69 Å². The molecule has 0 bridgehead atoms. The first-order chi connectivity index (χ1) is 8.59. The summed E-state index contributed by atoms with van der Waals surface area (Å²) in [7, 11) is 1.79. The number of hydrogen-bond donors (Lipinski definition) is 1. The molecule has 0 aliphatic rings. The lowest BCUT2D eigenvalue weighted by Crippen LogP contribution is -2.13. The first-order valence-corrected chi connectivity index (χ1v) is 5.92. The fraction of sp³-hybridized carbons (Fsp3) is 0.214. The zero-order valence-corrected chi connectivity index (χ0v) is 10.7. The number of nitrogens with zero attached hydrogens (tertiary/aromatic N) is 2. The van der Waals surface area contributed by atoms with Gasteiger partial charge in [0.05, 0.1) is 16.7 Å². The summed E-state index contributed by atoms with van der Waals surface area (Å²) in [5, 5.41) is 0. The van der Waals surface area contributed by atoms with Crippen molar-refractivity contribution in [1.29, 1.82) is 0 Å². The van der Waals surface area contributed by atoms with Crippen molar-refractivity contribution in [2.45, 2.75) is 13.8 Å². The van der Waals surface area contributed by atoms with Gasteiger partial charge in [0.15, 0.2) is 0 Å². The molecule has 0 unspecified atom stereocenters. The van der Waals surface area contributed by atoms with E-state index in [0.717, 1.165) is 28.1 Å². The molecular formula is C14H15N3O. The van der Waals surface area contributed by atoms with Crippen molar-refractivity contribution in [2.24, 2.45) is 7.05 Å². The summed E-state index contributed by atoms with van der Waals surface area (Å²) in [6, 6.07) is 10.1. The van der Waals surface area contributed by atoms with Crippen LogP contribution >= 0.6 is 0 Å². The maximum atomic E-state index is 11.7. The highest BCUT2D eigenvalue weighted by Crippen LogP contribution is 2.23. The molecule has 3 rings (SSSR count). The van der Waals surface area contributed by atoms with Crippen molar-refractivity contribution in [3.05, 3.63) is 52.2 Å². The van der Waals surface area contributed by atoms with Crippen LogP contribution in [0.2, 0.25) is 0 Å². The van der Waals surface area contributed by atoms with Crippen LogP contribution in [0.1, 0.15) is 11.4 Å². The van der Waals surface area contributed by atoms with E-state index in [1.165, 1.54) is 0 Å². The fourth-order valence-electron chi connectivity index (χ4n) is 2.51. The molecule has 0 atom stereocenters. The van der Waals surface area contributed by atoms with Crippen molar-refractivity contribution in [1.82, 2.24) is 14.1 Å². The molecule has 2 heterocycles. The quantitative estimate of drug-likeness (QED) is 0.697. The molecule has 0 fully saturated rings. The molecule has 1 aromatic carbocycles. The average Bonchev–Trinajstić information content (AvgIpc) is 2.81. The Hall–Kier alpha value is -2.23. The number of nitrogens with one attached hydrogen (secondary N) is 1. The fourth-order valence-corrected chi connectivity index (χ4v) is 2.51. The monoisotopic (exact) mass is 241 g/mol. The Morgan fingerprint density at radius 3 is 2.39 bits per heavy atom. The van der Waals surface area contributed by atoms with Gasteiger partial charge in [-0.15, -0.1) is 0 Å². The standard InChI is InChI=1S/C14H15N3O/c1-9-7-8-10(2)17(9)12-6-4-5-11-13(12)16(3)14(18)15-11/h4-8H,1-3H3,(H,15,18). The highest BCUT2D eigenvalue weighted by Gasteiger charge is 2.12. The molecule has 0 radical (unpaired) electrons. The van der Waals surface area contributed by atoms with Crippen LogP contribution in [0.3, 0.4) is 0 Å². The Kier molecular flexibility index (Phi) is 2.20. The van der Waals surface area contributed by atoms with E-state index >= 15 is 0 Å². The van der Waals surface area contributed by atoms with Gasteiger partial charge < -0.3 is 9.55 Å². The van der Waals surface area contributed by atoms with E-state index in [-0.39, 0.29) is 5.69 Å². The highest BCUT2D eigenvalue weighted by atomic mass is 16.1. The summed E-state index contributed by atoms with van der Waals surface area (Å²) in [5.41, 5.74) is 5.08. The number of aromatic amines is 1. The van der Waals surface area contributed by atoms with Crippen LogP contribution in [-0.2, 0) is 7.05 Å². The minimum absolute atomic E-state index is 0.0834. The normalized spacial score (nSPS) is 11.3. The summed E-state index contributed by atoms with van der Waals surface area (Å²) in [6.07, 6.45) is 0. The van der Waals surface area contributed by atoms with E-state index in [4.69, 9.17) is 0 Å². The van der Waals surface area contributed by atoms with Gasteiger partial charge in [-0.3, -0.25) is 4.57 Å². The van der Waals surface area contributed by atoms with Crippen LogP contribution in [0.5, 0.6) is 0 Å². The largest absolute Gasteiger partial charge is 0.326 e. The van der Waals surface area contributed by atoms with Crippen molar-refractivity contribution >= 4 is 11.0 Å². The predicted octanol–water partition coefficient (Wildman–Crippen LogP) is 2.27. The topological polar surface area (TPSA) is 42.7 Å². The van der Waals surface area contributed by atoms with Gasteiger partial charge >= 0.3 is 5.69 Å². The molecule has 0 amide bonds. The summed E-state index contributed by atoms with van der Waals surface area (Å²) < 4.78 is 3.82. The second kappa shape index (κ2) is 3.63. The van der Waals surface area contributed by atoms with Gasteiger partial charge in [-0.1, -0.05) is 6.07 Å². The summed E-state index contributed by atoms with van der Waals surface area (Å²) >= 11 is 0. The minimum atomic E-state index is -0.0834. The summed E-state index contributed by atoms with van der Waals surface area (Å²) in [6.45, 7) is 4.13. The first-order valence-electron chi connectivity index (χ1n) is 5.92.